The van der Waals surface area contributed by atoms with Crippen molar-refractivity contribution >= 4 is 21.8 Å². The van der Waals surface area contributed by atoms with Crippen LogP contribution in [0, 0.1) is 19.7 Å². The quantitative estimate of drug-likeness (QED) is 0.579. The Hall–Kier alpha value is -1.83. The van der Waals surface area contributed by atoms with Crippen LogP contribution < -0.4 is 0 Å². The molecule has 3 rings (SSSR count). The molecule has 1 N–H and O–H groups in total. The van der Waals surface area contributed by atoms with Crippen LogP contribution in [0.25, 0.3) is 21.8 Å². The van der Waals surface area contributed by atoms with Crippen LogP contribution in [0.15, 0.2) is 30.3 Å². The van der Waals surface area contributed by atoms with E-state index in [9.17, 15) is 4.39 Å². The van der Waals surface area contributed by atoms with Gasteiger partial charge in [0.25, 0.3) is 0 Å². The first-order chi connectivity index (χ1) is 7.66. The van der Waals surface area contributed by atoms with Crippen molar-refractivity contribution in [2.45, 2.75) is 13.8 Å². The highest BCUT2D eigenvalue weighted by atomic mass is 19.1. The van der Waals surface area contributed by atoms with E-state index >= 15 is 0 Å². The van der Waals surface area contributed by atoms with Crippen LogP contribution in [-0.2, 0) is 0 Å². The second-order valence-corrected chi connectivity index (χ2v) is 4.29. The molecule has 0 bridgehead atoms. The lowest BCUT2D eigenvalue weighted by Gasteiger charge is -1.97. The summed E-state index contributed by atoms with van der Waals surface area (Å²) in [6.45, 7) is 4.01. The molecule has 1 nitrogen and oxygen atoms in total. The third-order valence-electron chi connectivity index (χ3n) is 3.07. The first kappa shape index (κ1) is 9.40. The number of hydrogen-bond acceptors (Lipinski definition) is 0. The highest BCUT2D eigenvalue weighted by Crippen LogP contribution is 2.30. The fourth-order valence-corrected chi connectivity index (χ4v) is 2.21. The van der Waals surface area contributed by atoms with E-state index in [1.54, 1.807) is 6.07 Å². The highest BCUT2D eigenvalue weighted by Gasteiger charge is 2.10. The summed E-state index contributed by atoms with van der Waals surface area (Å²) in [4.78, 5) is 3.27. The minimum atomic E-state index is -0.155. The maximum absolute atomic E-state index is 13.8. The minimum absolute atomic E-state index is 0.155. The fourth-order valence-electron chi connectivity index (χ4n) is 2.21. The first-order valence-electron chi connectivity index (χ1n) is 5.34. The van der Waals surface area contributed by atoms with E-state index in [4.69, 9.17) is 0 Å². The molecule has 0 saturated carbocycles. The van der Waals surface area contributed by atoms with Crippen molar-refractivity contribution in [3.05, 3.63) is 47.3 Å². The standard InChI is InChI=1S/C14H12FN/c1-8-3-6-12-10(7-8)13-11(15)5-4-9(2)14(13)16-12/h3-7,16H,1-2H3. The molecule has 0 saturated heterocycles. The fraction of sp³-hybridized carbons (Fsp3) is 0.143. The second-order valence-electron chi connectivity index (χ2n) is 4.29. The average molecular weight is 213 g/mol. The molecule has 0 atom stereocenters. The lowest BCUT2D eigenvalue weighted by molar-refractivity contribution is 0.640. The Bertz CT molecular complexity index is 695. The van der Waals surface area contributed by atoms with Gasteiger partial charge >= 0.3 is 0 Å². The van der Waals surface area contributed by atoms with Crippen LogP contribution in [0.4, 0.5) is 4.39 Å². The maximum atomic E-state index is 13.8. The smallest absolute Gasteiger partial charge is 0.133 e. The summed E-state index contributed by atoms with van der Waals surface area (Å²) in [5.74, 6) is -0.155. The summed E-state index contributed by atoms with van der Waals surface area (Å²) in [6, 6.07) is 9.40. The Morgan fingerprint density at radius 1 is 1.06 bits per heavy atom. The van der Waals surface area contributed by atoms with Crippen LogP contribution >= 0.6 is 0 Å². The SMILES string of the molecule is Cc1ccc2[nH]c3c(C)ccc(F)c3c2c1. The number of aryl methyl sites for hydroxylation is 2. The number of fused-ring (bicyclic) bond motifs is 3. The molecule has 0 unspecified atom stereocenters. The molecule has 80 valence electrons. The molecule has 1 aromatic heterocycles. The second kappa shape index (κ2) is 3.08. The van der Waals surface area contributed by atoms with Crippen LogP contribution in [-0.4, -0.2) is 4.98 Å². The van der Waals surface area contributed by atoms with Gasteiger partial charge in [0.15, 0.2) is 0 Å². The third kappa shape index (κ3) is 1.16. The van der Waals surface area contributed by atoms with Crippen LogP contribution in [0.3, 0.4) is 0 Å². The molecule has 3 aromatic rings. The van der Waals surface area contributed by atoms with Crippen LogP contribution in [0.2, 0.25) is 0 Å². The number of halogens is 1. The zero-order valence-corrected chi connectivity index (χ0v) is 9.26. The third-order valence-corrected chi connectivity index (χ3v) is 3.07. The number of rotatable bonds is 0. The molecule has 16 heavy (non-hydrogen) atoms. The molecule has 0 aliphatic carbocycles. The number of aromatic amines is 1. The van der Waals surface area contributed by atoms with Gasteiger partial charge in [-0.25, -0.2) is 4.39 Å². The van der Waals surface area contributed by atoms with Gasteiger partial charge in [-0.3, -0.25) is 0 Å². The van der Waals surface area contributed by atoms with E-state index in [1.165, 1.54) is 6.07 Å². The lowest BCUT2D eigenvalue weighted by atomic mass is 10.1. The molecule has 0 spiro atoms. The van der Waals surface area contributed by atoms with Gasteiger partial charge in [-0.05, 0) is 37.6 Å². The van der Waals surface area contributed by atoms with Gasteiger partial charge in [-0.15, -0.1) is 0 Å². The average Bonchev–Trinajstić information content (AvgIpc) is 2.63. The van der Waals surface area contributed by atoms with E-state index in [2.05, 4.69) is 4.98 Å². The van der Waals surface area contributed by atoms with Crippen molar-refractivity contribution in [2.24, 2.45) is 0 Å². The molecule has 0 aliphatic heterocycles. The Labute approximate surface area is 92.9 Å². The first-order valence-corrected chi connectivity index (χ1v) is 5.34. The molecule has 0 amide bonds. The van der Waals surface area contributed by atoms with Crippen molar-refractivity contribution in [2.75, 3.05) is 0 Å². The summed E-state index contributed by atoms with van der Waals surface area (Å²) < 4.78 is 13.8. The van der Waals surface area contributed by atoms with E-state index < -0.39 is 0 Å². The molecular weight excluding hydrogens is 201 g/mol. The van der Waals surface area contributed by atoms with E-state index in [0.717, 1.165) is 27.5 Å². The van der Waals surface area contributed by atoms with Gasteiger partial charge in [0.2, 0.25) is 0 Å². The van der Waals surface area contributed by atoms with E-state index in [0.29, 0.717) is 5.39 Å². The molecule has 0 aliphatic rings. The largest absolute Gasteiger partial charge is 0.354 e. The highest BCUT2D eigenvalue weighted by molar-refractivity contribution is 6.08. The molecule has 2 heteroatoms. The maximum Gasteiger partial charge on any atom is 0.133 e. The van der Waals surface area contributed by atoms with Crippen molar-refractivity contribution in [3.63, 3.8) is 0 Å². The van der Waals surface area contributed by atoms with Crippen molar-refractivity contribution in [1.29, 1.82) is 0 Å². The van der Waals surface area contributed by atoms with Crippen molar-refractivity contribution in [3.8, 4) is 0 Å². The lowest BCUT2D eigenvalue weighted by Crippen LogP contribution is -1.80. The van der Waals surface area contributed by atoms with Gasteiger partial charge in [0.1, 0.15) is 5.82 Å². The Morgan fingerprint density at radius 2 is 1.88 bits per heavy atom. The van der Waals surface area contributed by atoms with Gasteiger partial charge in [0, 0.05) is 16.3 Å². The van der Waals surface area contributed by atoms with Crippen molar-refractivity contribution in [1.82, 2.24) is 4.98 Å². The normalized spacial score (nSPS) is 11.4. The molecule has 0 fully saturated rings. The predicted octanol–water partition coefficient (Wildman–Crippen LogP) is 4.08. The van der Waals surface area contributed by atoms with Crippen LogP contribution in [0.5, 0.6) is 0 Å². The van der Waals surface area contributed by atoms with Gasteiger partial charge in [-0.2, -0.15) is 0 Å². The Kier molecular flexibility index (Phi) is 1.81. The number of hydrogen-bond donors (Lipinski definition) is 1. The Balaban J connectivity index is 2.62. The van der Waals surface area contributed by atoms with Crippen molar-refractivity contribution < 1.29 is 4.39 Å². The predicted molar refractivity (Wildman–Crippen MR) is 65.2 cm³/mol. The molecule has 1 heterocycles. The van der Waals surface area contributed by atoms with E-state index in [-0.39, 0.29) is 5.82 Å². The van der Waals surface area contributed by atoms with Gasteiger partial charge < -0.3 is 4.98 Å². The van der Waals surface area contributed by atoms with E-state index in [1.807, 2.05) is 32.0 Å². The summed E-state index contributed by atoms with van der Waals surface area (Å²) in [5, 5.41) is 1.68. The molecule has 0 radical (unpaired) electrons. The van der Waals surface area contributed by atoms with Gasteiger partial charge in [-0.1, -0.05) is 17.7 Å². The summed E-state index contributed by atoms with van der Waals surface area (Å²) in [6.07, 6.45) is 0. The zero-order chi connectivity index (χ0) is 11.3. The topological polar surface area (TPSA) is 15.8 Å². The summed E-state index contributed by atoms with van der Waals surface area (Å²) >= 11 is 0. The Morgan fingerprint density at radius 3 is 2.69 bits per heavy atom. The zero-order valence-electron chi connectivity index (χ0n) is 9.26. The van der Waals surface area contributed by atoms with Crippen LogP contribution in [0.1, 0.15) is 11.1 Å². The summed E-state index contributed by atoms with van der Waals surface area (Å²) in [7, 11) is 0. The monoisotopic (exact) mass is 213 g/mol. The molecule has 2 aromatic carbocycles. The number of benzene rings is 2. The number of nitrogens with one attached hydrogen (secondary N) is 1. The number of H-pyrrole nitrogens is 1. The number of aromatic nitrogens is 1. The minimum Gasteiger partial charge on any atom is -0.354 e. The molecular formula is C14H12FN. The summed E-state index contributed by atoms with van der Waals surface area (Å²) in [5.41, 5.74) is 4.12. The van der Waals surface area contributed by atoms with Gasteiger partial charge in [0.05, 0.1) is 5.52 Å².